The number of ether oxygens (including phenoxy) is 1. The second-order valence-corrected chi connectivity index (χ2v) is 5.58. The molecule has 5 heteroatoms. The Morgan fingerprint density at radius 1 is 1.44 bits per heavy atom. The Bertz CT molecular complexity index is 370. The van der Waals surface area contributed by atoms with Gasteiger partial charge in [-0.2, -0.15) is 0 Å². The molecule has 1 atom stereocenters. The second kappa shape index (κ2) is 8.40. The first-order valence-corrected chi connectivity index (χ1v) is 7.15. The van der Waals surface area contributed by atoms with Crippen molar-refractivity contribution in [2.45, 2.75) is 24.3 Å². The summed E-state index contributed by atoms with van der Waals surface area (Å²) in [4.78, 5) is 12.7. The fraction of sp³-hybridized carbons (Fsp3) is 0.462. The quantitative estimate of drug-likeness (QED) is 0.784. The topological polar surface area (TPSA) is 38.3 Å². The third-order valence-corrected chi connectivity index (χ3v) is 3.50. The van der Waals surface area contributed by atoms with Crippen molar-refractivity contribution in [3.63, 3.8) is 0 Å². The van der Waals surface area contributed by atoms with Crippen molar-refractivity contribution in [1.82, 2.24) is 5.32 Å². The fourth-order valence-corrected chi connectivity index (χ4v) is 2.41. The SMILES string of the molecule is COC[C@@H](C)NC(=O)CCSc1ccc(Cl)cc1. The van der Waals surface area contributed by atoms with Gasteiger partial charge in [0.1, 0.15) is 0 Å². The van der Waals surface area contributed by atoms with Crippen LogP contribution in [0.4, 0.5) is 0 Å². The van der Waals surface area contributed by atoms with E-state index < -0.39 is 0 Å². The van der Waals surface area contributed by atoms with Crippen LogP contribution >= 0.6 is 23.4 Å². The molecule has 0 aliphatic heterocycles. The number of carbonyl (C=O) groups is 1. The molecule has 1 aromatic rings. The summed E-state index contributed by atoms with van der Waals surface area (Å²) in [6.45, 7) is 2.46. The third-order valence-electron chi connectivity index (χ3n) is 2.24. The van der Waals surface area contributed by atoms with Gasteiger partial charge >= 0.3 is 0 Å². The molecule has 1 amide bonds. The van der Waals surface area contributed by atoms with Crippen LogP contribution in [0.15, 0.2) is 29.2 Å². The molecular weight excluding hydrogens is 270 g/mol. The van der Waals surface area contributed by atoms with Crippen molar-refractivity contribution in [3.8, 4) is 0 Å². The summed E-state index contributed by atoms with van der Waals surface area (Å²) in [5.74, 6) is 0.814. The smallest absolute Gasteiger partial charge is 0.221 e. The number of rotatable bonds is 7. The van der Waals surface area contributed by atoms with Crippen molar-refractivity contribution < 1.29 is 9.53 Å². The first-order valence-electron chi connectivity index (χ1n) is 5.78. The summed E-state index contributed by atoms with van der Waals surface area (Å²) >= 11 is 7.45. The van der Waals surface area contributed by atoms with Crippen molar-refractivity contribution >= 4 is 29.3 Å². The molecule has 0 fully saturated rings. The first-order chi connectivity index (χ1) is 8.61. The average molecular weight is 288 g/mol. The number of nitrogens with one attached hydrogen (secondary N) is 1. The van der Waals surface area contributed by atoms with Crippen molar-refractivity contribution in [3.05, 3.63) is 29.3 Å². The molecule has 3 nitrogen and oxygen atoms in total. The van der Waals surface area contributed by atoms with E-state index in [0.29, 0.717) is 13.0 Å². The number of carbonyl (C=O) groups excluding carboxylic acids is 1. The Labute approximate surface area is 117 Å². The Hall–Kier alpha value is -0.710. The summed E-state index contributed by atoms with van der Waals surface area (Å²) in [6, 6.07) is 7.68. The molecule has 0 unspecified atom stereocenters. The van der Waals surface area contributed by atoms with Gasteiger partial charge in [0, 0.05) is 35.2 Å². The van der Waals surface area contributed by atoms with Crippen molar-refractivity contribution in [2.75, 3.05) is 19.5 Å². The Morgan fingerprint density at radius 2 is 2.11 bits per heavy atom. The minimum atomic E-state index is 0.0565. The molecule has 0 bridgehead atoms. The minimum Gasteiger partial charge on any atom is -0.383 e. The highest BCUT2D eigenvalue weighted by Gasteiger charge is 2.06. The number of halogens is 1. The molecule has 0 heterocycles. The van der Waals surface area contributed by atoms with Crippen LogP contribution in [0.25, 0.3) is 0 Å². The minimum absolute atomic E-state index is 0.0565. The van der Waals surface area contributed by atoms with E-state index in [-0.39, 0.29) is 11.9 Å². The van der Waals surface area contributed by atoms with E-state index in [4.69, 9.17) is 16.3 Å². The van der Waals surface area contributed by atoms with Crippen LogP contribution in [0.1, 0.15) is 13.3 Å². The molecule has 0 aliphatic rings. The molecule has 0 aromatic heterocycles. The van der Waals surface area contributed by atoms with Gasteiger partial charge in [0.05, 0.1) is 6.61 Å². The lowest BCUT2D eigenvalue weighted by Gasteiger charge is -2.12. The summed E-state index contributed by atoms with van der Waals surface area (Å²) in [5.41, 5.74) is 0. The van der Waals surface area contributed by atoms with Crippen LogP contribution in [0.2, 0.25) is 5.02 Å². The largest absolute Gasteiger partial charge is 0.383 e. The summed E-state index contributed by atoms with van der Waals surface area (Å²) in [5, 5.41) is 3.61. The van der Waals surface area contributed by atoms with Crippen LogP contribution < -0.4 is 5.32 Å². The predicted molar refractivity (Wildman–Crippen MR) is 76.3 cm³/mol. The van der Waals surface area contributed by atoms with E-state index in [1.807, 2.05) is 31.2 Å². The lowest BCUT2D eigenvalue weighted by atomic mass is 10.3. The first kappa shape index (κ1) is 15.3. The summed E-state index contributed by atoms with van der Waals surface area (Å²) in [6.07, 6.45) is 0.501. The van der Waals surface area contributed by atoms with Crippen LogP contribution in [-0.2, 0) is 9.53 Å². The highest BCUT2D eigenvalue weighted by molar-refractivity contribution is 7.99. The van der Waals surface area contributed by atoms with Gasteiger partial charge in [-0.3, -0.25) is 4.79 Å². The second-order valence-electron chi connectivity index (χ2n) is 3.98. The number of amides is 1. The Kier molecular flexibility index (Phi) is 7.16. The molecule has 0 spiro atoms. The van der Waals surface area contributed by atoms with E-state index in [0.717, 1.165) is 15.7 Å². The van der Waals surface area contributed by atoms with Gasteiger partial charge in [0.15, 0.2) is 0 Å². The average Bonchev–Trinajstić information content (AvgIpc) is 2.32. The van der Waals surface area contributed by atoms with Crippen LogP contribution in [0, 0.1) is 0 Å². The summed E-state index contributed by atoms with van der Waals surface area (Å²) in [7, 11) is 1.62. The maximum absolute atomic E-state index is 11.6. The van der Waals surface area contributed by atoms with E-state index in [1.54, 1.807) is 18.9 Å². The molecule has 1 N–H and O–H groups in total. The Balaban J connectivity index is 2.21. The van der Waals surface area contributed by atoms with Gasteiger partial charge in [0.2, 0.25) is 5.91 Å². The molecule has 100 valence electrons. The molecule has 1 aromatic carbocycles. The molecule has 0 radical (unpaired) electrons. The van der Waals surface area contributed by atoms with E-state index in [2.05, 4.69) is 5.32 Å². The van der Waals surface area contributed by atoms with Crippen LogP contribution in [0.5, 0.6) is 0 Å². The van der Waals surface area contributed by atoms with Crippen LogP contribution in [0.3, 0.4) is 0 Å². The maximum atomic E-state index is 11.6. The van der Waals surface area contributed by atoms with E-state index >= 15 is 0 Å². The zero-order valence-corrected chi connectivity index (χ0v) is 12.2. The van der Waals surface area contributed by atoms with Gasteiger partial charge in [-0.05, 0) is 31.2 Å². The monoisotopic (exact) mass is 287 g/mol. The third kappa shape index (κ3) is 6.28. The van der Waals surface area contributed by atoms with Gasteiger partial charge in [-0.1, -0.05) is 11.6 Å². The fourth-order valence-electron chi connectivity index (χ4n) is 1.43. The molecule has 0 aliphatic carbocycles. The zero-order valence-electron chi connectivity index (χ0n) is 10.6. The van der Waals surface area contributed by atoms with E-state index in [9.17, 15) is 4.79 Å². The number of benzene rings is 1. The zero-order chi connectivity index (χ0) is 13.4. The summed E-state index contributed by atoms with van der Waals surface area (Å²) < 4.78 is 4.96. The number of hydrogen-bond donors (Lipinski definition) is 1. The van der Waals surface area contributed by atoms with Gasteiger partial charge < -0.3 is 10.1 Å². The van der Waals surface area contributed by atoms with Gasteiger partial charge in [-0.15, -0.1) is 11.8 Å². The van der Waals surface area contributed by atoms with Crippen molar-refractivity contribution in [1.29, 1.82) is 0 Å². The molecule has 1 rings (SSSR count). The Morgan fingerprint density at radius 3 is 2.72 bits per heavy atom. The number of methoxy groups -OCH3 is 1. The maximum Gasteiger partial charge on any atom is 0.221 e. The molecular formula is C13H18ClNO2S. The normalized spacial score (nSPS) is 12.2. The number of thioether (sulfide) groups is 1. The molecule has 0 saturated carbocycles. The lowest BCUT2D eigenvalue weighted by molar-refractivity contribution is -0.121. The predicted octanol–water partition coefficient (Wildman–Crippen LogP) is 2.97. The van der Waals surface area contributed by atoms with E-state index in [1.165, 1.54) is 0 Å². The lowest BCUT2D eigenvalue weighted by Crippen LogP contribution is -2.35. The highest BCUT2D eigenvalue weighted by Crippen LogP contribution is 2.20. The van der Waals surface area contributed by atoms with Crippen LogP contribution in [-0.4, -0.2) is 31.4 Å². The molecule has 18 heavy (non-hydrogen) atoms. The van der Waals surface area contributed by atoms with Gasteiger partial charge in [0.25, 0.3) is 0 Å². The standard InChI is InChI=1S/C13H18ClNO2S/c1-10(9-17-2)15-13(16)7-8-18-12-5-3-11(14)4-6-12/h3-6,10H,7-9H2,1-2H3,(H,15,16)/t10-/m1/s1. The van der Waals surface area contributed by atoms with Crippen molar-refractivity contribution in [2.24, 2.45) is 0 Å². The number of hydrogen-bond acceptors (Lipinski definition) is 3. The van der Waals surface area contributed by atoms with Gasteiger partial charge in [-0.25, -0.2) is 0 Å². The molecule has 0 saturated heterocycles. The highest BCUT2D eigenvalue weighted by atomic mass is 35.5.